The smallest absolute Gasteiger partial charge is 0.309 e. The summed E-state index contributed by atoms with van der Waals surface area (Å²) in [6.45, 7) is 4.43. The van der Waals surface area contributed by atoms with Gasteiger partial charge in [-0.1, -0.05) is 18.6 Å². The fraction of sp³-hybridized carbons (Fsp3) is 0.526. The minimum absolute atomic E-state index is 0.0160. The molecule has 1 aromatic carbocycles. The molecule has 1 amide bonds. The fourth-order valence-electron chi connectivity index (χ4n) is 3.30. The van der Waals surface area contributed by atoms with Crippen LogP contribution in [0.1, 0.15) is 44.2 Å². The molecule has 0 aliphatic heterocycles. The van der Waals surface area contributed by atoms with Gasteiger partial charge in [-0.3, -0.25) is 9.59 Å². The average Bonchev–Trinajstić information content (AvgIpc) is 3.08. The Labute approximate surface area is 143 Å². The van der Waals surface area contributed by atoms with Gasteiger partial charge in [-0.05, 0) is 44.4 Å². The first-order chi connectivity index (χ1) is 11.5. The van der Waals surface area contributed by atoms with Gasteiger partial charge in [0, 0.05) is 12.6 Å². The molecule has 1 saturated carbocycles. The maximum Gasteiger partial charge on any atom is 0.309 e. The molecule has 1 aliphatic rings. The lowest BCUT2D eigenvalue weighted by Crippen LogP contribution is -2.42. The highest BCUT2D eigenvalue weighted by atomic mass is 16.5. The van der Waals surface area contributed by atoms with E-state index in [1.54, 1.807) is 12.1 Å². The molecule has 0 aromatic heterocycles. The van der Waals surface area contributed by atoms with E-state index in [1.165, 1.54) is 7.11 Å². The van der Waals surface area contributed by atoms with Crippen LogP contribution >= 0.6 is 0 Å². The van der Waals surface area contributed by atoms with Crippen LogP contribution in [0.15, 0.2) is 24.3 Å². The van der Waals surface area contributed by atoms with Crippen LogP contribution in [-0.4, -0.2) is 29.9 Å². The number of hydrogen-bond donors (Lipinski definition) is 0. The molecule has 24 heavy (non-hydrogen) atoms. The number of nitrogens with zero attached hydrogens (tertiary/aromatic N) is 2. The van der Waals surface area contributed by atoms with Gasteiger partial charge in [-0.15, -0.1) is 0 Å². The van der Waals surface area contributed by atoms with Gasteiger partial charge in [0.1, 0.15) is 0 Å². The Morgan fingerprint density at radius 2 is 1.88 bits per heavy atom. The van der Waals surface area contributed by atoms with Crippen molar-refractivity contribution in [3.63, 3.8) is 0 Å². The van der Waals surface area contributed by atoms with Crippen molar-refractivity contribution in [2.24, 2.45) is 11.8 Å². The predicted octanol–water partition coefficient (Wildman–Crippen LogP) is 2.88. The molecule has 0 radical (unpaired) electrons. The lowest BCUT2D eigenvalue weighted by molar-refractivity contribution is -0.152. The van der Waals surface area contributed by atoms with Crippen LogP contribution in [0, 0.1) is 23.2 Å². The summed E-state index contributed by atoms with van der Waals surface area (Å²) >= 11 is 0. The number of rotatable bonds is 5. The van der Waals surface area contributed by atoms with Gasteiger partial charge < -0.3 is 9.64 Å². The van der Waals surface area contributed by atoms with Crippen molar-refractivity contribution < 1.29 is 14.3 Å². The molecule has 0 heterocycles. The lowest BCUT2D eigenvalue weighted by Gasteiger charge is -2.31. The second-order valence-corrected chi connectivity index (χ2v) is 6.54. The molecule has 0 saturated heterocycles. The van der Waals surface area contributed by atoms with Gasteiger partial charge in [-0.2, -0.15) is 5.26 Å². The molecule has 1 fully saturated rings. The molecular formula is C19H24N2O3. The van der Waals surface area contributed by atoms with Gasteiger partial charge >= 0.3 is 5.97 Å². The number of amides is 1. The Bertz CT molecular complexity index is 631. The fourth-order valence-corrected chi connectivity index (χ4v) is 3.30. The number of carbonyl (C=O) groups is 2. The lowest BCUT2D eigenvalue weighted by atomic mass is 9.94. The number of benzene rings is 1. The predicted molar refractivity (Wildman–Crippen MR) is 89.7 cm³/mol. The molecule has 2 rings (SSSR count). The van der Waals surface area contributed by atoms with Gasteiger partial charge in [-0.25, -0.2) is 0 Å². The van der Waals surface area contributed by atoms with Crippen molar-refractivity contribution in [1.29, 1.82) is 5.26 Å². The highest BCUT2D eigenvalue weighted by Crippen LogP contribution is 2.34. The minimum atomic E-state index is -0.329. The molecule has 5 nitrogen and oxygen atoms in total. The average molecular weight is 328 g/mol. The summed E-state index contributed by atoms with van der Waals surface area (Å²) in [5.74, 6) is -0.891. The summed E-state index contributed by atoms with van der Waals surface area (Å²) in [5.41, 5.74) is 1.58. The molecule has 0 unspecified atom stereocenters. The van der Waals surface area contributed by atoms with Crippen LogP contribution in [0.25, 0.3) is 0 Å². The zero-order valence-corrected chi connectivity index (χ0v) is 14.5. The Morgan fingerprint density at radius 1 is 1.25 bits per heavy atom. The zero-order chi connectivity index (χ0) is 17.7. The molecular weight excluding hydrogens is 304 g/mol. The Morgan fingerprint density at radius 3 is 2.42 bits per heavy atom. The number of nitriles is 1. The van der Waals surface area contributed by atoms with Crippen LogP contribution in [-0.2, 0) is 20.9 Å². The third-order valence-corrected chi connectivity index (χ3v) is 4.68. The Kier molecular flexibility index (Phi) is 5.97. The number of esters is 1. The Hall–Kier alpha value is -2.35. The second-order valence-electron chi connectivity index (χ2n) is 6.54. The van der Waals surface area contributed by atoms with E-state index in [2.05, 4.69) is 6.07 Å². The molecule has 5 heteroatoms. The molecule has 2 atom stereocenters. The van der Waals surface area contributed by atoms with Crippen molar-refractivity contribution in [1.82, 2.24) is 4.90 Å². The highest BCUT2D eigenvalue weighted by Gasteiger charge is 2.40. The van der Waals surface area contributed by atoms with Gasteiger partial charge in [0.2, 0.25) is 5.91 Å². The largest absolute Gasteiger partial charge is 0.469 e. The van der Waals surface area contributed by atoms with Gasteiger partial charge in [0.05, 0.1) is 30.6 Å². The van der Waals surface area contributed by atoms with E-state index >= 15 is 0 Å². The molecule has 0 N–H and O–H groups in total. The first-order valence-electron chi connectivity index (χ1n) is 8.35. The summed E-state index contributed by atoms with van der Waals surface area (Å²) in [5, 5.41) is 8.88. The first-order valence-corrected chi connectivity index (χ1v) is 8.35. The highest BCUT2D eigenvalue weighted by molar-refractivity contribution is 5.86. The summed E-state index contributed by atoms with van der Waals surface area (Å²) in [6.07, 6.45) is 2.32. The summed E-state index contributed by atoms with van der Waals surface area (Å²) in [7, 11) is 1.37. The van der Waals surface area contributed by atoms with E-state index in [9.17, 15) is 9.59 Å². The van der Waals surface area contributed by atoms with Crippen LogP contribution in [0.5, 0.6) is 0 Å². The molecule has 1 aromatic rings. The minimum Gasteiger partial charge on any atom is -0.469 e. The monoisotopic (exact) mass is 328 g/mol. The van der Waals surface area contributed by atoms with E-state index in [-0.39, 0.29) is 29.8 Å². The van der Waals surface area contributed by atoms with Crippen LogP contribution in [0.3, 0.4) is 0 Å². The number of hydrogen-bond acceptors (Lipinski definition) is 4. The zero-order valence-electron chi connectivity index (χ0n) is 14.5. The molecule has 1 aliphatic carbocycles. The van der Waals surface area contributed by atoms with Crippen molar-refractivity contribution in [2.75, 3.05) is 7.11 Å². The van der Waals surface area contributed by atoms with E-state index in [4.69, 9.17) is 10.00 Å². The molecule has 0 spiro atoms. The molecule has 0 bridgehead atoms. The Balaban J connectivity index is 2.15. The van der Waals surface area contributed by atoms with Crippen LogP contribution in [0.4, 0.5) is 0 Å². The van der Waals surface area contributed by atoms with Crippen molar-refractivity contribution >= 4 is 11.9 Å². The molecule has 128 valence electrons. The topological polar surface area (TPSA) is 70.4 Å². The van der Waals surface area contributed by atoms with E-state index in [0.717, 1.165) is 18.4 Å². The van der Waals surface area contributed by atoms with Gasteiger partial charge in [0.15, 0.2) is 0 Å². The SMILES string of the molecule is COC(=O)[C@H]1CCC[C@H]1C(=O)N(Cc1ccc(C#N)cc1)C(C)C. The maximum absolute atomic E-state index is 13.0. The third-order valence-electron chi connectivity index (χ3n) is 4.68. The summed E-state index contributed by atoms with van der Waals surface area (Å²) < 4.78 is 4.86. The second kappa shape index (κ2) is 7.96. The van der Waals surface area contributed by atoms with Crippen molar-refractivity contribution in [3.05, 3.63) is 35.4 Å². The summed E-state index contributed by atoms with van der Waals surface area (Å²) in [4.78, 5) is 26.8. The van der Waals surface area contributed by atoms with E-state index in [0.29, 0.717) is 18.5 Å². The van der Waals surface area contributed by atoms with Crippen molar-refractivity contribution in [2.45, 2.75) is 45.7 Å². The quantitative estimate of drug-likeness (QED) is 0.779. The maximum atomic E-state index is 13.0. The third kappa shape index (κ3) is 3.94. The normalized spacial score (nSPS) is 19.8. The number of methoxy groups -OCH3 is 1. The van der Waals surface area contributed by atoms with Crippen molar-refractivity contribution in [3.8, 4) is 6.07 Å². The number of carbonyl (C=O) groups excluding carboxylic acids is 2. The van der Waals surface area contributed by atoms with Gasteiger partial charge in [0.25, 0.3) is 0 Å². The van der Waals surface area contributed by atoms with Crippen LogP contribution < -0.4 is 0 Å². The van der Waals surface area contributed by atoms with E-state index < -0.39 is 0 Å². The standard InChI is InChI=1S/C19H24N2O3/c1-13(2)21(12-15-9-7-14(11-20)8-10-15)18(22)16-5-4-6-17(16)19(23)24-3/h7-10,13,16-17H,4-6,12H2,1-3H3/t16-,17+/m1/s1. The number of ether oxygens (including phenoxy) is 1. The first kappa shape index (κ1) is 18.0. The summed E-state index contributed by atoms with van der Waals surface area (Å²) in [6, 6.07) is 9.37. The van der Waals surface area contributed by atoms with E-state index in [1.807, 2.05) is 30.9 Å². The van der Waals surface area contributed by atoms with Crippen LogP contribution in [0.2, 0.25) is 0 Å².